The number of ether oxygens (including phenoxy) is 2. The number of para-hydroxylation sites is 2. The van der Waals surface area contributed by atoms with E-state index < -0.39 is 23.6 Å². The maximum absolute atomic E-state index is 13.2. The first-order valence-corrected chi connectivity index (χ1v) is 8.92. The first-order chi connectivity index (χ1) is 14.7. The summed E-state index contributed by atoms with van der Waals surface area (Å²) in [6.07, 6.45) is -4.66. The van der Waals surface area contributed by atoms with Crippen molar-refractivity contribution in [2.24, 2.45) is 5.73 Å². The second kappa shape index (κ2) is 8.78. The summed E-state index contributed by atoms with van der Waals surface area (Å²) in [5, 5.41) is 2.46. The van der Waals surface area contributed by atoms with Crippen LogP contribution in [-0.4, -0.2) is 18.9 Å². The van der Waals surface area contributed by atoms with Crippen molar-refractivity contribution in [1.82, 2.24) is 0 Å². The molecule has 0 aliphatic carbocycles. The lowest BCUT2D eigenvalue weighted by Gasteiger charge is -2.16. The fourth-order valence-electron chi connectivity index (χ4n) is 2.74. The van der Waals surface area contributed by atoms with Gasteiger partial charge in [0.05, 0.1) is 18.2 Å². The molecule has 2 amide bonds. The van der Waals surface area contributed by atoms with Crippen molar-refractivity contribution in [2.45, 2.75) is 6.18 Å². The standard InChI is InChI=1S/C22H17F3N2O4/c1-30-18-7-2-3-8-19(18)31-17-10-9-14(22(23,24)25)12-16(17)21(29)27-15-6-4-5-13(11-15)20(26)28/h2-12H,1H3,(H2,26,28)(H,27,29). The van der Waals surface area contributed by atoms with Gasteiger partial charge in [-0.25, -0.2) is 0 Å². The summed E-state index contributed by atoms with van der Waals surface area (Å²) in [5.41, 5.74) is 4.16. The first-order valence-electron chi connectivity index (χ1n) is 8.92. The van der Waals surface area contributed by atoms with E-state index >= 15 is 0 Å². The lowest BCUT2D eigenvalue weighted by molar-refractivity contribution is -0.137. The minimum absolute atomic E-state index is 0.110. The fraction of sp³-hybridized carbons (Fsp3) is 0.0909. The number of hydrogen-bond acceptors (Lipinski definition) is 4. The largest absolute Gasteiger partial charge is 0.493 e. The van der Waals surface area contributed by atoms with E-state index in [1.807, 2.05) is 0 Å². The van der Waals surface area contributed by atoms with Crippen LogP contribution in [0.1, 0.15) is 26.3 Å². The number of carbonyl (C=O) groups excluding carboxylic acids is 2. The van der Waals surface area contributed by atoms with Gasteiger partial charge in [0.2, 0.25) is 5.91 Å². The number of anilines is 1. The molecule has 3 N–H and O–H groups in total. The van der Waals surface area contributed by atoms with Crippen LogP contribution in [-0.2, 0) is 6.18 Å². The average Bonchev–Trinajstić information content (AvgIpc) is 2.73. The molecule has 160 valence electrons. The molecule has 31 heavy (non-hydrogen) atoms. The predicted octanol–water partition coefficient (Wildman–Crippen LogP) is 4.86. The maximum Gasteiger partial charge on any atom is 0.416 e. The molecule has 0 bridgehead atoms. The second-order valence-corrected chi connectivity index (χ2v) is 6.36. The quantitative estimate of drug-likeness (QED) is 0.585. The molecule has 0 atom stereocenters. The van der Waals surface area contributed by atoms with E-state index in [0.717, 1.165) is 12.1 Å². The Balaban J connectivity index is 2.00. The average molecular weight is 430 g/mol. The Labute approximate surface area is 175 Å². The van der Waals surface area contributed by atoms with Gasteiger partial charge in [-0.15, -0.1) is 0 Å². The van der Waals surface area contributed by atoms with E-state index in [9.17, 15) is 22.8 Å². The van der Waals surface area contributed by atoms with Crippen LogP contribution in [0.4, 0.5) is 18.9 Å². The molecule has 3 aromatic carbocycles. The summed E-state index contributed by atoms with van der Waals surface area (Å²) >= 11 is 0. The van der Waals surface area contributed by atoms with Crippen molar-refractivity contribution >= 4 is 17.5 Å². The summed E-state index contributed by atoms with van der Waals surface area (Å²) in [4.78, 5) is 24.2. The Hall–Kier alpha value is -4.01. The molecule has 0 aliphatic heterocycles. The topological polar surface area (TPSA) is 90.7 Å². The molecule has 0 radical (unpaired) electrons. The fourth-order valence-corrected chi connectivity index (χ4v) is 2.74. The van der Waals surface area contributed by atoms with Gasteiger partial charge in [0.1, 0.15) is 5.75 Å². The van der Waals surface area contributed by atoms with Gasteiger partial charge in [-0.05, 0) is 48.5 Å². The number of methoxy groups -OCH3 is 1. The monoisotopic (exact) mass is 430 g/mol. The van der Waals surface area contributed by atoms with Crippen LogP contribution < -0.4 is 20.5 Å². The summed E-state index contributed by atoms with van der Waals surface area (Å²) in [7, 11) is 1.41. The summed E-state index contributed by atoms with van der Waals surface area (Å²) in [6, 6.07) is 14.8. The highest BCUT2D eigenvalue weighted by Crippen LogP contribution is 2.37. The number of rotatable bonds is 6. The zero-order valence-electron chi connectivity index (χ0n) is 16.2. The van der Waals surface area contributed by atoms with Crippen LogP contribution in [0.15, 0.2) is 66.7 Å². The van der Waals surface area contributed by atoms with Gasteiger partial charge in [0.15, 0.2) is 11.5 Å². The third-order valence-electron chi connectivity index (χ3n) is 4.25. The molecule has 0 heterocycles. The van der Waals surface area contributed by atoms with Crippen molar-refractivity contribution in [3.63, 3.8) is 0 Å². The van der Waals surface area contributed by atoms with Gasteiger partial charge in [-0.2, -0.15) is 13.2 Å². The first kappa shape index (κ1) is 21.7. The molecule has 6 nitrogen and oxygen atoms in total. The van der Waals surface area contributed by atoms with Crippen molar-refractivity contribution in [3.8, 4) is 17.2 Å². The summed E-state index contributed by atoms with van der Waals surface area (Å²) < 4.78 is 50.6. The number of alkyl halides is 3. The zero-order valence-corrected chi connectivity index (χ0v) is 16.2. The number of benzene rings is 3. The summed E-state index contributed by atoms with van der Waals surface area (Å²) in [6.45, 7) is 0. The second-order valence-electron chi connectivity index (χ2n) is 6.36. The van der Waals surface area contributed by atoms with Crippen molar-refractivity contribution in [2.75, 3.05) is 12.4 Å². The smallest absolute Gasteiger partial charge is 0.416 e. The lowest BCUT2D eigenvalue weighted by Crippen LogP contribution is -2.16. The molecule has 0 aromatic heterocycles. The third kappa shape index (κ3) is 5.13. The Morgan fingerprint density at radius 1 is 0.903 bits per heavy atom. The van der Waals surface area contributed by atoms with Gasteiger partial charge in [0, 0.05) is 11.3 Å². The van der Waals surface area contributed by atoms with Crippen LogP contribution in [0.3, 0.4) is 0 Å². The summed E-state index contributed by atoms with van der Waals surface area (Å²) in [5.74, 6) is -1.13. The molecule has 3 rings (SSSR count). The zero-order chi connectivity index (χ0) is 22.6. The molecular weight excluding hydrogens is 413 g/mol. The van der Waals surface area contributed by atoms with Gasteiger partial charge in [-0.3, -0.25) is 9.59 Å². The van der Waals surface area contributed by atoms with Crippen molar-refractivity contribution in [3.05, 3.63) is 83.4 Å². The van der Waals surface area contributed by atoms with E-state index in [1.54, 1.807) is 24.3 Å². The van der Waals surface area contributed by atoms with E-state index in [2.05, 4.69) is 5.32 Å². The number of nitrogens with one attached hydrogen (secondary N) is 1. The molecular formula is C22H17F3N2O4. The number of carbonyl (C=O) groups is 2. The number of hydrogen-bond donors (Lipinski definition) is 2. The number of primary amides is 1. The van der Waals surface area contributed by atoms with Gasteiger partial charge >= 0.3 is 6.18 Å². The molecule has 0 saturated heterocycles. The highest BCUT2D eigenvalue weighted by molar-refractivity contribution is 6.07. The number of amides is 2. The van der Waals surface area contributed by atoms with Gasteiger partial charge < -0.3 is 20.5 Å². The number of halogens is 3. The normalized spacial score (nSPS) is 11.0. The molecule has 0 saturated carbocycles. The molecule has 0 unspecified atom stereocenters. The number of nitrogens with two attached hydrogens (primary N) is 1. The van der Waals surface area contributed by atoms with Crippen LogP contribution >= 0.6 is 0 Å². The van der Waals surface area contributed by atoms with Gasteiger partial charge in [-0.1, -0.05) is 18.2 Å². The minimum atomic E-state index is -4.66. The van der Waals surface area contributed by atoms with E-state index in [0.29, 0.717) is 11.8 Å². The molecule has 0 aliphatic rings. The maximum atomic E-state index is 13.2. The Bertz CT molecular complexity index is 1130. The van der Waals surface area contributed by atoms with E-state index in [1.165, 1.54) is 31.4 Å². The van der Waals surface area contributed by atoms with Gasteiger partial charge in [0.25, 0.3) is 5.91 Å². The molecule has 0 fully saturated rings. The highest BCUT2D eigenvalue weighted by atomic mass is 19.4. The van der Waals surface area contributed by atoms with Crippen LogP contribution in [0.2, 0.25) is 0 Å². The third-order valence-corrected chi connectivity index (χ3v) is 4.25. The highest BCUT2D eigenvalue weighted by Gasteiger charge is 2.32. The lowest BCUT2D eigenvalue weighted by atomic mass is 10.1. The SMILES string of the molecule is COc1ccccc1Oc1ccc(C(F)(F)F)cc1C(=O)Nc1cccc(C(N)=O)c1. The molecule has 9 heteroatoms. The Morgan fingerprint density at radius 3 is 2.26 bits per heavy atom. The van der Waals surface area contributed by atoms with E-state index in [-0.39, 0.29) is 28.3 Å². The van der Waals surface area contributed by atoms with Crippen LogP contribution in [0.25, 0.3) is 0 Å². The van der Waals surface area contributed by atoms with Crippen LogP contribution in [0.5, 0.6) is 17.2 Å². The van der Waals surface area contributed by atoms with Crippen LogP contribution in [0, 0.1) is 0 Å². The Morgan fingerprint density at radius 2 is 1.61 bits per heavy atom. The minimum Gasteiger partial charge on any atom is -0.493 e. The van der Waals surface area contributed by atoms with Crippen molar-refractivity contribution in [1.29, 1.82) is 0 Å². The Kier molecular flexibility index (Phi) is 6.15. The van der Waals surface area contributed by atoms with E-state index in [4.69, 9.17) is 15.2 Å². The van der Waals surface area contributed by atoms with Crippen molar-refractivity contribution < 1.29 is 32.2 Å². The molecule has 0 spiro atoms. The predicted molar refractivity (Wildman–Crippen MR) is 107 cm³/mol. The molecule has 3 aromatic rings.